The summed E-state index contributed by atoms with van der Waals surface area (Å²) >= 11 is 0. The maximum Gasteiger partial charge on any atom is 0.342 e. The summed E-state index contributed by atoms with van der Waals surface area (Å²) in [5.74, 6) is -8.22. The van der Waals surface area contributed by atoms with Crippen molar-refractivity contribution in [2.45, 2.75) is 128 Å². The Kier molecular flexibility index (Phi) is 32.2. The molecule has 0 aromatic heterocycles. The van der Waals surface area contributed by atoms with Crippen molar-refractivity contribution in [1.29, 1.82) is 0 Å². The topological polar surface area (TPSA) is 281 Å². The van der Waals surface area contributed by atoms with Crippen LogP contribution in [0.3, 0.4) is 0 Å². The maximum absolute atomic E-state index is 14.1. The van der Waals surface area contributed by atoms with E-state index in [9.17, 15) is 47.9 Å². The van der Waals surface area contributed by atoms with Gasteiger partial charge in [-0.25, -0.2) is 28.8 Å². The largest absolute Gasteiger partial charge is 0.494 e. The van der Waals surface area contributed by atoms with E-state index in [-0.39, 0.29) is 102 Å². The third-order valence-electron chi connectivity index (χ3n) is 14.6. The van der Waals surface area contributed by atoms with Gasteiger partial charge in [-0.2, -0.15) is 0 Å². The molecule has 0 saturated heterocycles. The molecular weight excluding hydrogens is 1170 g/mol. The second-order valence-electron chi connectivity index (χ2n) is 21.3. The number of benzene rings is 3. The van der Waals surface area contributed by atoms with E-state index in [0.717, 1.165) is 87.8 Å². The molecule has 0 amide bonds. The smallest absolute Gasteiger partial charge is 0.342 e. The lowest BCUT2D eigenvalue weighted by Crippen LogP contribution is -2.31. The fourth-order valence-corrected chi connectivity index (χ4v) is 9.48. The molecule has 0 unspecified atom stereocenters. The van der Waals surface area contributed by atoms with Crippen molar-refractivity contribution in [2.24, 2.45) is 23.7 Å². The second kappa shape index (κ2) is 40.5. The first-order chi connectivity index (χ1) is 43.6. The van der Waals surface area contributed by atoms with Crippen LogP contribution < -0.4 is 28.4 Å². The molecule has 22 heteroatoms. The van der Waals surface area contributed by atoms with E-state index in [1.54, 1.807) is 48.5 Å². The van der Waals surface area contributed by atoms with Crippen LogP contribution in [0.2, 0.25) is 0 Å². The Hall–Kier alpha value is -9.08. The van der Waals surface area contributed by atoms with Gasteiger partial charge in [0, 0.05) is 36.4 Å². The molecule has 0 bridgehead atoms. The Morgan fingerprint density at radius 3 is 0.822 bits per heavy atom. The zero-order valence-corrected chi connectivity index (χ0v) is 51.0. The second-order valence-corrected chi connectivity index (χ2v) is 21.3. The van der Waals surface area contributed by atoms with E-state index in [1.807, 2.05) is 0 Å². The maximum atomic E-state index is 14.1. The van der Waals surface area contributed by atoms with Crippen LogP contribution in [0.15, 0.2) is 111 Å². The highest BCUT2D eigenvalue weighted by Crippen LogP contribution is 2.37. The number of hydrogen-bond acceptors (Lipinski definition) is 22. The number of esters is 10. The van der Waals surface area contributed by atoms with Gasteiger partial charge in [-0.05, 0) is 177 Å². The minimum Gasteiger partial charge on any atom is -0.494 e. The normalized spacial score (nSPS) is 15.8. The van der Waals surface area contributed by atoms with E-state index in [2.05, 4.69) is 26.3 Å². The lowest BCUT2D eigenvalue weighted by atomic mass is 9.82. The van der Waals surface area contributed by atoms with Crippen molar-refractivity contribution in [3.05, 3.63) is 122 Å². The molecule has 2 aliphatic carbocycles. The molecule has 0 N–H and O–H groups in total. The van der Waals surface area contributed by atoms with Gasteiger partial charge in [-0.3, -0.25) is 19.2 Å². The molecule has 2 aliphatic rings. The molecule has 0 heterocycles. The van der Waals surface area contributed by atoms with Crippen LogP contribution in [0.25, 0.3) is 0 Å². The fraction of sp³-hybridized carbons (Fsp3) is 0.471. The Labute approximate surface area is 524 Å². The zero-order valence-electron chi connectivity index (χ0n) is 51.0. The van der Waals surface area contributed by atoms with Crippen molar-refractivity contribution >= 4 is 59.7 Å². The van der Waals surface area contributed by atoms with E-state index < -0.39 is 94.9 Å². The highest BCUT2D eigenvalue weighted by Gasteiger charge is 2.36. The summed E-state index contributed by atoms with van der Waals surface area (Å²) in [5.41, 5.74) is -0.745. The predicted octanol–water partition coefficient (Wildman–Crippen LogP) is 11.0. The van der Waals surface area contributed by atoms with Crippen molar-refractivity contribution in [3.63, 3.8) is 0 Å². The van der Waals surface area contributed by atoms with Gasteiger partial charge in [0.25, 0.3) is 0 Å². The number of carbonyl (C=O) groups is 10. The zero-order chi connectivity index (χ0) is 64.9. The SMILES string of the molecule is C=CC(=O)OCCCCCCOc1ccc(OC(=O)C2CCC(C(=O)Oc3cc(C(=O)OCCCCOC(=O)C=C)c(OC(=O)C4CCC(C(=O)Oc5ccc(OCCCCCCOC(=O)C=C)cc5)CC4)cc3C(=O)OCCCCOC(=O)C=C)CC2)cc1. The van der Waals surface area contributed by atoms with Crippen molar-refractivity contribution in [2.75, 3.05) is 52.9 Å². The molecule has 3 aromatic rings. The molecule has 2 saturated carbocycles. The summed E-state index contributed by atoms with van der Waals surface area (Å²) in [4.78, 5) is 128. The lowest BCUT2D eigenvalue weighted by molar-refractivity contribution is -0.145. The lowest BCUT2D eigenvalue weighted by Gasteiger charge is -2.26. The highest BCUT2D eigenvalue weighted by molar-refractivity contribution is 6.00. The summed E-state index contributed by atoms with van der Waals surface area (Å²) in [5, 5.41) is 0. The Morgan fingerprint density at radius 2 is 0.544 bits per heavy atom. The van der Waals surface area contributed by atoms with Crippen LogP contribution in [-0.2, 0) is 66.8 Å². The van der Waals surface area contributed by atoms with Gasteiger partial charge in [-0.1, -0.05) is 26.3 Å². The summed E-state index contributed by atoms with van der Waals surface area (Å²) in [6.07, 6.45) is 13.9. The first-order valence-corrected chi connectivity index (χ1v) is 30.6. The van der Waals surface area contributed by atoms with Gasteiger partial charge in [0.2, 0.25) is 0 Å². The quantitative estimate of drug-likeness (QED) is 0.0168. The van der Waals surface area contributed by atoms with Crippen molar-refractivity contribution in [1.82, 2.24) is 0 Å². The molecule has 2 fully saturated rings. The summed E-state index contributed by atoms with van der Waals surface area (Å²) < 4.78 is 66.0. The van der Waals surface area contributed by atoms with Crippen LogP contribution in [0, 0.1) is 23.7 Å². The monoisotopic (exact) mass is 1250 g/mol. The molecule has 486 valence electrons. The Bertz CT molecular complexity index is 2700. The van der Waals surface area contributed by atoms with Crippen molar-refractivity contribution in [3.8, 4) is 34.5 Å². The van der Waals surface area contributed by atoms with E-state index in [0.29, 0.717) is 62.3 Å². The molecule has 0 spiro atoms. The number of unbranched alkanes of at least 4 members (excludes halogenated alkanes) is 8. The number of carbonyl (C=O) groups excluding carboxylic acids is 10. The standard InChI is InChI=1S/C68H82O22/c1-5-59(69)81-39-15-11-9-13-37-79-51-29-33-53(34-30-51)87-63(73)47-21-25-49(26-22-47)65(75)89-57-45-56(68(78)86-44-20-18-42-84-62(72)8-4)58(46-55(57)67(77)85-43-19-17-41-83-61(71)7-3)90-66(76)50-27-23-48(24-28-50)64(74)88-54-35-31-52(32-36-54)80-38-14-10-12-16-40-82-60(70)6-2/h5-8,29-36,45-50H,1-4,9-28,37-44H2. The fourth-order valence-electron chi connectivity index (χ4n) is 9.48. The Morgan fingerprint density at radius 1 is 0.311 bits per heavy atom. The van der Waals surface area contributed by atoms with Gasteiger partial charge in [0.15, 0.2) is 0 Å². The number of rotatable bonds is 40. The van der Waals surface area contributed by atoms with Crippen LogP contribution in [-0.4, -0.2) is 113 Å². The number of ether oxygens (including phenoxy) is 12. The van der Waals surface area contributed by atoms with Gasteiger partial charge >= 0.3 is 59.7 Å². The van der Waals surface area contributed by atoms with Gasteiger partial charge in [0.1, 0.15) is 45.6 Å². The van der Waals surface area contributed by atoms with Gasteiger partial charge in [-0.15, -0.1) is 0 Å². The van der Waals surface area contributed by atoms with E-state index in [1.165, 1.54) is 0 Å². The molecule has 0 radical (unpaired) electrons. The van der Waals surface area contributed by atoms with E-state index >= 15 is 0 Å². The van der Waals surface area contributed by atoms with Crippen LogP contribution >= 0.6 is 0 Å². The van der Waals surface area contributed by atoms with Crippen LogP contribution in [0.5, 0.6) is 34.5 Å². The molecule has 90 heavy (non-hydrogen) atoms. The summed E-state index contributed by atoms with van der Waals surface area (Å²) in [7, 11) is 0. The molecular formula is C68H82O22. The third-order valence-corrected chi connectivity index (χ3v) is 14.6. The molecule has 0 aliphatic heterocycles. The first-order valence-electron chi connectivity index (χ1n) is 30.6. The van der Waals surface area contributed by atoms with Gasteiger partial charge in [0.05, 0.1) is 76.5 Å². The summed E-state index contributed by atoms with van der Waals surface area (Å²) in [6, 6.07) is 15.4. The number of hydrogen-bond donors (Lipinski definition) is 0. The highest BCUT2D eigenvalue weighted by atomic mass is 16.6. The van der Waals surface area contributed by atoms with Crippen LogP contribution in [0.4, 0.5) is 0 Å². The minimum absolute atomic E-state index is 0.0178. The molecule has 0 atom stereocenters. The predicted molar refractivity (Wildman–Crippen MR) is 324 cm³/mol. The first kappa shape index (κ1) is 71.7. The van der Waals surface area contributed by atoms with E-state index in [4.69, 9.17) is 56.8 Å². The van der Waals surface area contributed by atoms with Gasteiger partial charge < -0.3 is 56.8 Å². The molecule has 22 nitrogen and oxygen atoms in total. The van der Waals surface area contributed by atoms with Crippen molar-refractivity contribution < 1.29 is 105 Å². The molecule has 3 aromatic carbocycles. The Balaban J connectivity index is 1.21. The third kappa shape index (κ3) is 26.3. The minimum atomic E-state index is -1.01. The summed E-state index contributed by atoms with van der Waals surface area (Å²) in [6.45, 7) is 14.8. The molecule has 5 rings (SSSR count). The average Bonchev–Trinajstić information content (AvgIpc) is 0.930. The average molecular weight is 1250 g/mol. The van der Waals surface area contributed by atoms with Crippen LogP contribution in [0.1, 0.15) is 149 Å².